The Balaban J connectivity index is 2.17. The summed E-state index contributed by atoms with van der Waals surface area (Å²) in [6.45, 7) is 4.21. The number of halogens is 1. The standard InChI is InChI=1S/C14H19ClN2O4/c1-3-20-14(19)17-16-13(18)5-4-8-21-11-6-7-12(15)10(2)9-11/h6-7,9H,3-5,8H2,1-2H3,(H,16,18)(H,17,19). The van der Waals surface area contributed by atoms with Crippen LogP contribution in [-0.4, -0.2) is 25.2 Å². The summed E-state index contributed by atoms with van der Waals surface area (Å²) in [6, 6.07) is 5.38. The zero-order chi connectivity index (χ0) is 15.7. The molecule has 6 nitrogen and oxygen atoms in total. The first-order valence-corrected chi connectivity index (χ1v) is 7.01. The number of rotatable bonds is 6. The maximum Gasteiger partial charge on any atom is 0.426 e. The van der Waals surface area contributed by atoms with Crippen molar-refractivity contribution in [1.82, 2.24) is 10.9 Å². The number of hydrogen-bond donors (Lipinski definition) is 2. The summed E-state index contributed by atoms with van der Waals surface area (Å²) >= 11 is 5.91. The number of hydrogen-bond acceptors (Lipinski definition) is 4. The lowest BCUT2D eigenvalue weighted by Gasteiger charge is -2.09. The molecule has 0 aromatic heterocycles. The molecule has 2 amide bonds. The van der Waals surface area contributed by atoms with Crippen molar-refractivity contribution in [1.29, 1.82) is 0 Å². The van der Waals surface area contributed by atoms with Gasteiger partial charge in [0.1, 0.15) is 5.75 Å². The van der Waals surface area contributed by atoms with E-state index in [1.54, 1.807) is 19.1 Å². The number of carbonyl (C=O) groups is 2. The minimum atomic E-state index is -0.682. The molecule has 116 valence electrons. The van der Waals surface area contributed by atoms with Gasteiger partial charge in [0.15, 0.2) is 0 Å². The topological polar surface area (TPSA) is 76.7 Å². The highest BCUT2D eigenvalue weighted by Crippen LogP contribution is 2.21. The van der Waals surface area contributed by atoms with E-state index in [-0.39, 0.29) is 18.9 Å². The summed E-state index contributed by atoms with van der Waals surface area (Å²) in [6.07, 6.45) is 0.0792. The van der Waals surface area contributed by atoms with E-state index in [2.05, 4.69) is 15.6 Å². The van der Waals surface area contributed by atoms with E-state index in [1.165, 1.54) is 0 Å². The number of carbonyl (C=O) groups excluding carboxylic acids is 2. The van der Waals surface area contributed by atoms with Crippen molar-refractivity contribution >= 4 is 23.6 Å². The third-order valence-corrected chi connectivity index (χ3v) is 2.95. The fraction of sp³-hybridized carbons (Fsp3) is 0.429. The van der Waals surface area contributed by atoms with Gasteiger partial charge >= 0.3 is 6.09 Å². The van der Waals surface area contributed by atoms with E-state index in [9.17, 15) is 9.59 Å². The predicted octanol–water partition coefficient (Wildman–Crippen LogP) is 2.58. The Morgan fingerprint density at radius 1 is 1.29 bits per heavy atom. The van der Waals surface area contributed by atoms with Crippen molar-refractivity contribution in [3.8, 4) is 5.75 Å². The monoisotopic (exact) mass is 314 g/mol. The summed E-state index contributed by atoms with van der Waals surface area (Å²) < 4.78 is 10.1. The molecule has 1 aromatic carbocycles. The lowest BCUT2D eigenvalue weighted by molar-refractivity contribution is -0.122. The van der Waals surface area contributed by atoms with Gasteiger partial charge in [-0.3, -0.25) is 10.2 Å². The third-order valence-electron chi connectivity index (χ3n) is 2.53. The quantitative estimate of drug-likeness (QED) is 0.625. The zero-order valence-electron chi connectivity index (χ0n) is 12.1. The first kappa shape index (κ1) is 17.1. The summed E-state index contributed by atoms with van der Waals surface area (Å²) in [5.74, 6) is 0.404. The van der Waals surface area contributed by atoms with Crippen molar-refractivity contribution < 1.29 is 19.1 Å². The van der Waals surface area contributed by atoms with Gasteiger partial charge in [0.2, 0.25) is 5.91 Å². The number of hydrazine groups is 1. The highest BCUT2D eigenvalue weighted by Gasteiger charge is 2.05. The summed E-state index contributed by atoms with van der Waals surface area (Å²) in [5.41, 5.74) is 5.32. The fourth-order valence-electron chi connectivity index (χ4n) is 1.48. The normalized spacial score (nSPS) is 9.86. The number of aryl methyl sites for hydroxylation is 1. The molecule has 7 heteroatoms. The molecule has 0 aliphatic rings. The molecular weight excluding hydrogens is 296 g/mol. The number of ether oxygens (including phenoxy) is 2. The Kier molecular flexibility index (Phi) is 7.39. The minimum Gasteiger partial charge on any atom is -0.494 e. The molecule has 0 atom stereocenters. The molecular formula is C14H19ClN2O4. The average molecular weight is 315 g/mol. The molecule has 0 bridgehead atoms. The fourth-order valence-corrected chi connectivity index (χ4v) is 1.60. The maximum atomic E-state index is 11.4. The van der Waals surface area contributed by atoms with Crippen LogP contribution in [0.15, 0.2) is 18.2 Å². The molecule has 1 rings (SSSR count). The van der Waals surface area contributed by atoms with E-state index < -0.39 is 6.09 Å². The van der Waals surface area contributed by atoms with Crippen LogP contribution >= 0.6 is 11.6 Å². The molecule has 21 heavy (non-hydrogen) atoms. The minimum absolute atomic E-state index is 0.235. The van der Waals surface area contributed by atoms with E-state index in [1.807, 2.05) is 13.0 Å². The molecule has 0 saturated carbocycles. The Morgan fingerprint density at radius 2 is 2.05 bits per heavy atom. The van der Waals surface area contributed by atoms with Gasteiger partial charge in [0, 0.05) is 11.4 Å². The smallest absolute Gasteiger partial charge is 0.426 e. The summed E-state index contributed by atoms with van der Waals surface area (Å²) in [5, 5.41) is 0.687. The van der Waals surface area contributed by atoms with Crippen LogP contribution in [0, 0.1) is 6.92 Å². The molecule has 0 aliphatic heterocycles. The number of amides is 2. The van der Waals surface area contributed by atoms with E-state index in [4.69, 9.17) is 16.3 Å². The molecule has 0 saturated heterocycles. The van der Waals surface area contributed by atoms with Crippen molar-refractivity contribution in [3.05, 3.63) is 28.8 Å². The predicted molar refractivity (Wildman–Crippen MR) is 79.2 cm³/mol. The molecule has 0 fully saturated rings. The van der Waals surface area contributed by atoms with Crippen LogP contribution in [0.2, 0.25) is 5.02 Å². The van der Waals surface area contributed by atoms with Gasteiger partial charge in [0.05, 0.1) is 13.2 Å². The van der Waals surface area contributed by atoms with Gasteiger partial charge in [-0.15, -0.1) is 0 Å². The Labute approximate surface area is 128 Å². The third kappa shape index (κ3) is 6.85. The second kappa shape index (κ2) is 9.07. The van der Waals surface area contributed by atoms with Gasteiger partial charge in [-0.1, -0.05) is 11.6 Å². The summed E-state index contributed by atoms with van der Waals surface area (Å²) in [7, 11) is 0. The maximum absolute atomic E-state index is 11.4. The molecule has 0 radical (unpaired) electrons. The first-order chi connectivity index (χ1) is 10.0. The molecule has 0 spiro atoms. The lowest BCUT2D eigenvalue weighted by Crippen LogP contribution is -2.41. The highest BCUT2D eigenvalue weighted by molar-refractivity contribution is 6.31. The van der Waals surface area contributed by atoms with Gasteiger partial charge in [-0.2, -0.15) is 0 Å². The zero-order valence-corrected chi connectivity index (χ0v) is 12.8. The lowest BCUT2D eigenvalue weighted by atomic mass is 10.2. The average Bonchev–Trinajstić information content (AvgIpc) is 2.45. The highest BCUT2D eigenvalue weighted by atomic mass is 35.5. The Morgan fingerprint density at radius 3 is 2.71 bits per heavy atom. The van der Waals surface area contributed by atoms with Crippen LogP contribution < -0.4 is 15.6 Å². The van der Waals surface area contributed by atoms with Gasteiger partial charge < -0.3 is 9.47 Å². The summed E-state index contributed by atoms with van der Waals surface area (Å²) in [4.78, 5) is 22.3. The Hall–Kier alpha value is -1.95. The van der Waals surface area contributed by atoms with Crippen molar-refractivity contribution in [3.63, 3.8) is 0 Å². The van der Waals surface area contributed by atoms with Gasteiger partial charge in [-0.05, 0) is 44.0 Å². The van der Waals surface area contributed by atoms with Crippen LogP contribution in [0.25, 0.3) is 0 Å². The molecule has 1 aromatic rings. The van der Waals surface area contributed by atoms with Crippen LogP contribution in [0.3, 0.4) is 0 Å². The van der Waals surface area contributed by atoms with Crippen LogP contribution in [0.1, 0.15) is 25.3 Å². The molecule has 0 heterocycles. The second-order valence-electron chi connectivity index (χ2n) is 4.26. The SMILES string of the molecule is CCOC(=O)NNC(=O)CCCOc1ccc(Cl)c(C)c1. The van der Waals surface area contributed by atoms with E-state index in [0.29, 0.717) is 23.8 Å². The largest absolute Gasteiger partial charge is 0.494 e. The van der Waals surface area contributed by atoms with Crippen LogP contribution in [0.4, 0.5) is 4.79 Å². The molecule has 0 unspecified atom stereocenters. The number of benzene rings is 1. The van der Waals surface area contributed by atoms with E-state index >= 15 is 0 Å². The van der Waals surface area contributed by atoms with Crippen molar-refractivity contribution in [2.75, 3.05) is 13.2 Å². The first-order valence-electron chi connectivity index (χ1n) is 6.63. The van der Waals surface area contributed by atoms with Gasteiger partial charge in [-0.25, -0.2) is 10.2 Å². The van der Waals surface area contributed by atoms with Crippen LogP contribution in [0.5, 0.6) is 5.75 Å². The van der Waals surface area contributed by atoms with E-state index in [0.717, 1.165) is 5.56 Å². The van der Waals surface area contributed by atoms with Gasteiger partial charge in [0.25, 0.3) is 0 Å². The second-order valence-corrected chi connectivity index (χ2v) is 4.66. The van der Waals surface area contributed by atoms with Crippen molar-refractivity contribution in [2.45, 2.75) is 26.7 Å². The van der Waals surface area contributed by atoms with Crippen LogP contribution in [-0.2, 0) is 9.53 Å². The Bertz CT molecular complexity index is 494. The number of nitrogens with one attached hydrogen (secondary N) is 2. The molecule has 2 N–H and O–H groups in total. The molecule has 0 aliphatic carbocycles. The van der Waals surface area contributed by atoms with Crippen molar-refractivity contribution in [2.24, 2.45) is 0 Å².